The van der Waals surface area contributed by atoms with Crippen LogP contribution in [0.15, 0.2) is 48.8 Å². The Morgan fingerprint density at radius 3 is 2.85 bits per heavy atom. The zero-order valence-corrected chi connectivity index (χ0v) is 11.0. The van der Waals surface area contributed by atoms with Gasteiger partial charge >= 0.3 is 0 Å². The number of benzene rings is 1. The Kier molecular flexibility index (Phi) is 3.12. The van der Waals surface area contributed by atoms with Gasteiger partial charge in [0, 0.05) is 17.3 Å². The second-order valence-corrected chi connectivity index (χ2v) is 4.47. The molecule has 0 amide bonds. The minimum atomic E-state index is -0.593. The van der Waals surface area contributed by atoms with E-state index >= 15 is 0 Å². The Morgan fingerprint density at radius 2 is 2.05 bits per heavy atom. The standard InChI is InChI=1S/C15H14FN3O/c1-20-13-7-4-5-10(14(13)16)15(17)11-9-18-19-8-3-2-6-12(11)19/h2-9,15H,17H2,1H3. The third kappa shape index (κ3) is 1.92. The van der Waals surface area contributed by atoms with Crippen molar-refractivity contribution in [1.29, 1.82) is 0 Å². The highest BCUT2D eigenvalue weighted by Crippen LogP contribution is 2.29. The third-order valence-corrected chi connectivity index (χ3v) is 3.34. The smallest absolute Gasteiger partial charge is 0.170 e. The molecule has 0 aliphatic carbocycles. The van der Waals surface area contributed by atoms with Crippen LogP contribution in [-0.2, 0) is 0 Å². The Balaban J connectivity index is 2.11. The average molecular weight is 271 g/mol. The summed E-state index contributed by atoms with van der Waals surface area (Å²) in [4.78, 5) is 0. The summed E-state index contributed by atoms with van der Waals surface area (Å²) in [6.45, 7) is 0. The number of ether oxygens (including phenoxy) is 1. The van der Waals surface area contributed by atoms with E-state index in [0.29, 0.717) is 5.56 Å². The lowest BCUT2D eigenvalue weighted by Gasteiger charge is -2.13. The van der Waals surface area contributed by atoms with Gasteiger partial charge in [0.2, 0.25) is 0 Å². The second kappa shape index (κ2) is 4.94. The van der Waals surface area contributed by atoms with Crippen LogP contribution in [0, 0.1) is 5.82 Å². The van der Waals surface area contributed by atoms with Gasteiger partial charge in [-0.2, -0.15) is 5.10 Å². The zero-order valence-electron chi connectivity index (χ0n) is 11.0. The molecule has 20 heavy (non-hydrogen) atoms. The Bertz CT molecular complexity index is 754. The van der Waals surface area contributed by atoms with Crippen LogP contribution in [-0.4, -0.2) is 16.7 Å². The van der Waals surface area contributed by atoms with Crippen LogP contribution in [0.4, 0.5) is 4.39 Å². The van der Waals surface area contributed by atoms with Crippen LogP contribution in [0.1, 0.15) is 17.2 Å². The number of hydrogen-bond donors (Lipinski definition) is 1. The Hall–Kier alpha value is -2.40. The summed E-state index contributed by atoms with van der Waals surface area (Å²) in [6, 6.07) is 10.0. The van der Waals surface area contributed by atoms with Crippen LogP contribution in [0.2, 0.25) is 0 Å². The first-order valence-electron chi connectivity index (χ1n) is 6.22. The van der Waals surface area contributed by atoms with Crippen molar-refractivity contribution in [2.75, 3.05) is 7.11 Å². The first kappa shape index (κ1) is 12.6. The molecule has 0 radical (unpaired) electrons. The van der Waals surface area contributed by atoms with Crippen molar-refractivity contribution in [2.45, 2.75) is 6.04 Å². The van der Waals surface area contributed by atoms with Gasteiger partial charge in [0.15, 0.2) is 11.6 Å². The van der Waals surface area contributed by atoms with Gasteiger partial charge < -0.3 is 10.5 Å². The molecular formula is C15H14FN3O. The van der Waals surface area contributed by atoms with Gasteiger partial charge in [-0.3, -0.25) is 0 Å². The average Bonchev–Trinajstić information content (AvgIpc) is 2.91. The molecule has 1 unspecified atom stereocenters. The summed E-state index contributed by atoms with van der Waals surface area (Å²) in [5.74, 6) is -0.243. The highest BCUT2D eigenvalue weighted by Gasteiger charge is 2.19. The summed E-state index contributed by atoms with van der Waals surface area (Å²) in [5.41, 5.74) is 8.23. The minimum Gasteiger partial charge on any atom is -0.494 e. The van der Waals surface area contributed by atoms with Crippen molar-refractivity contribution < 1.29 is 9.13 Å². The first-order chi connectivity index (χ1) is 9.72. The molecule has 2 N–H and O–H groups in total. The van der Waals surface area contributed by atoms with E-state index in [9.17, 15) is 4.39 Å². The van der Waals surface area contributed by atoms with E-state index in [1.807, 2.05) is 24.4 Å². The van der Waals surface area contributed by atoms with E-state index in [1.165, 1.54) is 7.11 Å². The summed E-state index contributed by atoms with van der Waals surface area (Å²) in [7, 11) is 1.43. The molecule has 3 aromatic rings. The van der Waals surface area contributed by atoms with Gasteiger partial charge in [0.1, 0.15) is 0 Å². The maximum absolute atomic E-state index is 14.3. The number of rotatable bonds is 3. The summed E-state index contributed by atoms with van der Waals surface area (Å²) >= 11 is 0. The van der Waals surface area contributed by atoms with Crippen LogP contribution < -0.4 is 10.5 Å². The molecule has 0 saturated carbocycles. The van der Waals surface area contributed by atoms with Gasteiger partial charge in [-0.05, 0) is 18.2 Å². The molecule has 0 spiro atoms. The molecule has 4 nitrogen and oxygen atoms in total. The lowest BCUT2D eigenvalue weighted by molar-refractivity contribution is 0.383. The van der Waals surface area contributed by atoms with Gasteiger partial charge in [-0.15, -0.1) is 0 Å². The van der Waals surface area contributed by atoms with E-state index in [1.54, 1.807) is 28.9 Å². The molecule has 0 aliphatic heterocycles. The van der Waals surface area contributed by atoms with Crippen LogP contribution in [0.3, 0.4) is 0 Å². The normalized spacial score (nSPS) is 12.6. The van der Waals surface area contributed by atoms with Gasteiger partial charge in [0.05, 0.1) is 24.9 Å². The molecule has 2 aromatic heterocycles. The fourth-order valence-electron chi connectivity index (χ4n) is 2.29. The summed E-state index contributed by atoms with van der Waals surface area (Å²) in [6.07, 6.45) is 3.49. The lowest BCUT2D eigenvalue weighted by atomic mass is 10.00. The quantitative estimate of drug-likeness (QED) is 0.796. The molecule has 102 valence electrons. The van der Waals surface area contributed by atoms with Crippen LogP contribution in [0.5, 0.6) is 5.75 Å². The maximum atomic E-state index is 14.3. The third-order valence-electron chi connectivity index (χ3n) is 3.34. The molecule has 1 aromatic carbocycles. The molecule has 3 rings (SSSR count). The summed E-state index contributed by atoms with van der Waals surface area (Å²) < 4.78 is 21.0. The molecule has 5 heteroatoms. The number of aromatic nitrogens is 2. The Labute approximate surface area is 115 Å². The number of methoxy groups -OCH3 is 1. The number of pyridine rings is 1. The fraction of sp³-hybridized carbons (Fsp3) is 0.133. The monoisotopic (exact) mass is 271 g/mol. The Morgan fingerprint density at radius 1 is 1.20 bits per heavy atom. The minimum absolute atomic E-state index is 0.189. The van der Waals surface area contributed by atoms with Crippen LogP contribution in [0.25, 0.3) is 5.52 Å². The van der Waals surface area contributed by atoms with Crippen molar-refractivity contribution in [3.63, 3.8) is 0 Å². The van der Waals surface area contributed by atoms with Gasteiger partial charge in [-0.25, -0.2) is 8.91 Å². The lowest BCUT2D eigenvalue weighted by Crippen LogP contribution is -2.14. The number of fused-ring (bicyclic) bond motifs is 1. The molecule has 0 saturated heterocycles. The zero-order chi connectivity index (χ0) is 14.1. The largest absolute Gasteiger partial charge is 0.494 e. The van der Waals surface area contributed by atoms with Crippen molar-refractivity contribution in [3.05, 3.63) is 65.7 Å². The summed E-state index contributed by atoms with van der Waals surface area (Å²) in [5, 5.41) is 4.22. The predicted molar refractivity (Wildman–Crippen MR) is 74.2 cm³/mol. The number of halogens is 1. The van der Waals surface area contributed by atoms with Crippen molar-refractivity contribution in [2.24, 2.45) is 5.73 Å². The van der Waals surface area contributed by atoms with E-state index < -0.39 is 11.9 Å². The van der Waals surface area contributed by atoms with Crippen molar-refractivity contribution in [1.82, 2.24) is 9.61 Å². The topological polar surface area (TPSA) is 52.5 Å². The van der Waals surface area contributed by atoms with Crippen molar-refractivity contribution >= 4 is 5.52 Å². The molecule has 2 heterocycles. The number of nitrogens with zero attached hydrogens (tertiary/aromatic N) is 2. The maximum Gasteiger partial charge on any atom is 0.170 e. The van der Waals surface area contributed by atoms with E-state index in [-0.39, 0.29) is 5.75 Å². The first-order valence-corrected chi connectivity index (χ1v) is 6.22. The van der Waals surface area contributed by atoms with Crippen LogP contribution >= 0.6 is 0 Å². The van der Waals surface area contributed by atoms with Crippen molar-refractivity contribution in [3.8, 4) is 5.75 Å². The van der Waals surface area contributed by atoms with Gasteiger partial charge in [0.25, 0.3) is 0 Å². The highest BCUT2D eigenvalue weighted by molar-refractivity contribution is 5.57. The van der Waals surface area contributed by atoms with E-state index in [4.69, 9.17) is 10.5 Å². The fourth-order valence-corrected chi connectivity index (χ4v) is 2.29. The number of nitrogens with two attached hydrogens (primary N) is 1. The number of hydrogen-bond acceptors (Lipinski definition) is 3. The molecule has 0 fully saturated rings. The highest BCUT2D eigenvalue weighted by atomic mass is 19.1. The molecule has 0 bridgehead atoms. The second-order valence-electron chi connectivity index (χ2n) is 4.47. The molecular weight excluding hydrogens is 257 g/mol. The van der Waals surface area contributed by atoms with E-state index in [0.717, 1.165) is 11.1 Å². The predicted octanol–water partition coefficient (Wildman–Crippen LogP) is 2.53. The SMILES string of the molecule is COc1cccc(C(N)c2cnn3ccccc23)c1F. The van der Waals surface area contributed by atoms with Gasteiger partial charge in [-0.1, -0.05) is 18.2 Å². The van der Waals surface area contributed by atoms with E-state index in [2.05, 4.69) is 5.10 Å². The molecule has 1 atom stereocenters. The molecule has 0 aliphatic rings.